The highest BCUT2D eigenvalue weighted by atomic mass is 79.9. The SMILES string of the molecule is CC(Oc1ccc(F)cc1)C(=O)NNC(=O)c1ccc(Br)o1. The molecule has 0 radical (unpaired) electrons. The van der Waals surface area contributed by atoms with Crippen LogP contribution in [-0.2, 0) is 4.79 Å². The number of halogens is 2. The number of furan rings is 1. The molecule has 0 spiro atoms. The van der Waals surface area contributed by atoms with Crippen molar-refractivity contribution in [2.24, 2.45) is 0 Å². The Kier molecular flexibility index (Phi) is 5.16. The molecule has 0 aliphatic carbocycles. The highest BCUT2D eigenvalue weighted by Crippen LogP contribution is 2.14. The summed E-state index contributed by atoms with van der Waals surface area (Å²) in [6.45, 7) is 1.49. The lowest BCUT2D eigenvalue weighted by Gasteiger charge is -2.14. The fourth-order valence-corrected chi connectivity index (χ4v) is 1.80. The first-order chi connectivity index (χ1) is 10.5. The van der Waals surface area contributed by atoms with E-state index in [1.807, 2.05) is 0 Å². The Balaban J connectivity index is 1.83. The molecule has 22 heavy (non-hydrogen) atoms. The smallest absolute Gasteiger partial charge is 0.305 e. The Morgan fingerprint density at radius 1 is 1.18 bits per heavy atom. The van der Waals surface area contributed by atoms with Crippen molar-refractivity contribution in [2.75, 3.05) is 0 Å². The topological polar surface area (TPSA) is 80.6 Å². The Morgan fingerprint density at radius 2 is 1.86 bits per heavy atom. The maximum atomic E-state index is 12.8. The fraction of sp³-hybridized carbons (Fsp3) is 0.143. The summed E-state index contributed by atoms with van der Waals surface area (Å²) in [5, 5.41) is 0. The Bertz CT molecular complexity index is 672. The minimum absolute atomic E-state index is 0.0410. The fourth-order valence-electron chi connectivity index (χ4n) is 1.49. The van der Waals surface area contributed by atoms with Crippen molar-refractivity contribution >= 4 is 27.7 Å². The summed E-state index contributed by atoms with van der Waals surface area (Å²) in [6.07, 6.45) is -0.880. The lowest BCUT2D eigenvalue weighted by atomic mass is 10.3. The first-order valence-electron chi connectivity index (χ1n) is 6.23. The van der Waals surface area contributed by atoms with E-state index in [2.05, 4.69) is 26.8 Å². The van der Waals surface area contributed by atoms with Crippen molar-refractivity contribution in [3.8, 4) is 5.75 Å². The molecule has 0 bridgehead atoms. The van der Waals surface area contributed by atoms with Gasteiger partial charge in [0.2, 0.25) is 0 Å². The normalized spacial score (nSPS) is 11.6. The van der Waals surface area contributed by atoms with E-state index < -0.39 is 23.7 Å². The summed E-state index contributed by atoms with van der Waals surface area (Å²) in [4.78, 5) is 23.4. The van der Waals surface area contributed by atoms with Gasteiger partial charge < -0.3 is 9.15 Å². The molecule has 2 amide bonds. The van der Waals surface area contributed by atoms with Crippen LogP contribution in [0.5, 0.6) is 5.75 Å². The molecule has 1 aromatic heterocycles. The lowest BCUT2D eigenvalue weighted by molar-refractivity contribution is -0.128. The number of nitrogens with one attached hydrogen (secondary N) is 2. The van der Waals surface area contributed by atoms with E-state index in [0.29, 0.717) is 10.4 Å². The predicted molar refractivity (Wildman–Crippen MR) is 78.5 cm³/mol. The maximum Gasteiger partial charge on any atom is 0.305 e. The Morgan fingerprint density at radius 3 is 2.45 bits per heavy atom. The second kappa shape index (κ2) is 7.08. The molecule has 2 rings (SSSR count). The van der Waals surface area contributed by atoms with Crippen LogP contribution in [0.25, 0.3) is 0 Å². The van der Waals surface area contributed by atoms with Crippen LogP contribution in [-0.4, -0.2) is 17.9 Å². The van der Waals surface area contributed by atoms with Gasteiger partial charge in [0, 0.05) is 0 Å². The highest BCUT2D eigenvalue weighted by molar-refractivity contribution is 9.10. The molecule has 0 saturated carbocycles. The molecule has 1 aromatic carbocycles. The molecule has 1 atom stereocenters. The predicted octanol–water partition coefficient (Wildman–Crippen LogP) is 2.41. The minimum atomic E-state index is -0.880. The minimum Gasteiger partial charge on any atom is -0.481 e. The van der Waals surface area contributed by atoms with Gasteiger partial charge in [-0.25, -0.2) is 4.39 Å². The van der Waals surface area contributed by atoms with Crippen LogP contribution in [0.1, 0.15) is 17.5 Å². The lowest BCUT2D eigenvalue weighted by Crippen LogP contribution is -2.47. The van der Waals surface area contributed by atoms with Crippen molar-refractivity contribution in [2.45, 2.75) is 13.0 Å². The zero-order chi connectivity index (χ0) is 16.1. The number of amides is 2. The van der Waals surface area contributed by atoms with Gasteiger partial charge in [0.15, 0.2) is 16.5 Å². The van der Waals surface area contributed by atoms with E-state index >= 15 is 0 Å². The van der Waals surface area contributed by atoms with Gasteiger partial charge in [-0.3, -0.25) is 20.4 Å². The number of hydrogen-bond acceptors (Lipinski definition) is 4. The zero-order valence-electron chi connectivity index (χ0n) is 11.4. The molecule has 6 nitrogen and oxygen atoms in total. The number of ether oxygens (including phenoxy) is 1. The molecule has 116 valence electrons. The molecular weight excluding hydrogens is 359 g/mol. The first kappa shape index (κ1) is 16.0. The number of carbonyl (C=O) groups excluding carboxylic acids is 2. The van der Waals surface area contributed by atoms with E-state index in [4.69, 9.17) is 9.15 Å². The second-order valence-electron chi connectivity index (χ2n) is 4.26. The van der Waals surface area contributed by atoms with E-state index in [-0.39, 0.29) is 5.76 Å². The van der Waals surface area contributed by atoms with Crippen LogP contribution in [0.2, 0.25) is 0 Å². The summed E-state index contributed by atoms with van der Waals surface area (Å²) in [7, 11) is 0. The average molecular weight is 371 g/mol. The van der Waals surface area contributed by atoms with Gasteiger partial charge in [-0.2, -0.15) is 0 Å². The van der Waals surface area contributed by atoms with Crippen LogP contribution in [0, 0.1) is 5.82 Å². The molecular formula is C14H12BrFN2O4. The van der Waals surface area contributed by atoms with Gasteiger partial charge in [-0.05, 0) is 59.3 Å². The first-order valence-corrected chi connectivity index (χ1v) is 7.03. The number of hydrazine groups is 1. The summed E-state index contributed by atoms with van der Waals surface area (Å²) >= 11 is 3.07. The Labute approximate surface area is 133 Å². The zero-order valence-corrected chi connectivity index (χ0v) is 13.0. The van der Waals surface area contributed by atoms with Crippen molar-refractivity contribution in [3.05, 3.63) is 52.6 Å². The summed E-state index contributed by atoms with van der Waals surface area (Å²) in [6, 6.07) is 8.24. The molecule has 1 heterocycles. The highest BCUT2D eigenvalue weighted by Gasteiger charge is 2.17. The quantitative estimate of drug-likeness (QED) is 0.809. The van der Waals surface area contributed by atoms with Crippen LogP contribution < -0.4 is 15.6 Å². The van der Waals surface area contributed by atoms with E-state index in [1.54, 1.807) is 6.07 Å². The van der Waals surface area contributed by atoms with Crippen molar-refractivity contribution in [1.82, 2.24) is 10.9 Å². The van der Waals surface area contributed by atoms with Crippen molar-refractivity contribution in [3.63, 3.8) is 0 Å². The van der Waals surface area contributed by atoms with E-state index in [0.717, 1.165) is 0 Å². The van der Waals surface area contributed by atoms with Crippen molar-refractivity contribution < 1.29 is 23.1 Å². The van der Waals surface area contributed by atoms with E-state index in [9.17, 15) is 14.0 Å². The third-order valence-electron chi connectivity index (χ3n) is 2.59. The third-order valence-corrected chi connectivity index (χ3v) is 3.02. The van der Waals surface area contributed by atoms with Crippen molar-refractivity contribution in [1.29, 1.82) is 0 Å². The molecule has 1 unspecified atom stereocenters. The number of hydrogen-bond donors (Lipinski definition) is 2. The van der Waals surface area contributed by atoms with Gasteiger partial charge in [-0.15, -0.1) is 0 Å². The number of rotatable bonds is 4. The largest absolute Gasteiger partial charge is 0.481 e. The molecule has 2 N–H and O–H groups in total. The average Bonchev–Trinajstić information content (AvgIpc) is 2.93. The molecule has 8 heteroatoms. The van der Waals surface area contributed by atoms with Gasteiger partial charge in [0.25, 0.3) is 5.91 Å². The van der Waals surface area contributed by atoms with Crippen LogP contribution in [0.4, 0.5) is 4.39 Å². The second-order valence-corrected chi connectivity index (χ2v) is 5.04. The summed E-state index contributed by atoms with van der Waals surface area (Å²) in [5.41, 5.74) is 4.40. The van der Waals surface area contributed by atoms with E-state index in [1.165, 1.54) is 37.3 Å². The van der Waals surface area contributed by atoms with Gasteiger partial charge in [0.05, 0.1) is 0 Å². The number of carbonyl (C=O) groups is 2. The standard InChI is InChI=1S/C14H12BrFN2O4/c1-8(21-10-4-2-9(16)3-5-10)13(19)17-18-14(20)11-6-7-12(15)22-11/h2-8H,1H3,(H,17,19)(H,18,20). The van der Waals surface area contributed by atoms with Crippen LogP contribution in [0.3, 0.4) is 0 Å². The van der Waals surface area contributed by atoms with Gasteiger partial charge in [-0.1, -0.05) is 0 Å². The van der Waals surface area contributed by atoms with Gasteiger partial charge in [0.1, 0.15) is 11.6 Å². The van der Waals surface area contributed by atoms with Gasteiger partial charge >= 0.3 is 5.91 Å². The molecule has 0 aliphatic heterocycles. The van der Waals surface area contributed by atoms with Crippen LogP contribution >= 0.6 is 15.9 Å². The maximum absolute atomic E-state index is 12.8. The summed E-state index contributed by atoms with van der Waals surface area (Å²) in [5.74, 6) is -1.19. The molecule has 2 aromatic rings. The molecule has 0 fully saturated rings. The monoisotopic (exact) mass is 370 g/mol. The number of benzene rings is 1. The summed E-state index contributed by atoms with van der Waals surface area (Å²) < 4.78 is 23.5. The third kappa shape index (κ3) is 4.32. The Hall–Kier alpha value is -2.35. The van der Waals surface area contributed by atoms with Crippen LogP contribution in [0.15, 0.2) is 45.5 Å². The molecule has 0 aliphatic rings. The molecule has 0 saturated heterocycles.